The topological polar surface area (TPSA) is 85.6 Å². The zero-order valence-electron chi connectivity index (χ0n) is 13.4. The van der Waals surface area contributed by atoms with Gasteiger partial charge in [0.15, 0.2) is 0 Å². The molecule has 2 aromatic rings. The van der Waals surface area contributed by atoms with Crippen LogP contribution < -0.4 is 4.74 Å². The summed E-state index contributed by atoms with van der Waals surface area (Å²) in [5, 5.41) is 11.2. The Kier molecular flexibility index (Phi) is 4.92. The summed E-state index contributed by atoms with van der Waals surface area (Å²) in [6.07, 6.45) is -4.10. The van der Waals surface area contributed by atoms with Gasteiger partial charge in [0, 0.05) is 23.4 Å². The first-order valence-corrected chi connectivity index (χ1v) is 7.96. The van der Waals surface area contributed by atoms with E-state index >= 15 is 0 Å². The lowest BCUT2D eigenvalue weighted by atomic mass is 10.1. The van der Waals surface area contributed by atoms with Crippen LogP contribution in [0.4, 0.5) is 18.9 Å². The minimum absolute atomic E-state index is 0.0560. The Labute approximate surface area is 155 Å². The van der Waals surface area contributed by atoms with E-state index in [1.807, 2.05) is 0 Å². The molecule has 3 rings (SSSR count). The molecule has 11 heteroatoms. The van der Waals surface area contributed by atoms with Crippen molar-refractivity contribution in [2.45, 2.75) is 12.3 Å². The zero-order valence-corrected chi connectivity index (χ0v) is 14.2. The lowest BCUT2D eigenvalue weighted by Gasteiger charge is -2.38. The van der Waals surface area contributed by atoms with Crippen LogP contribution in [0, 0.1) is 10.1 Å². The third-order valence-electron chi connectivity index (χ3n) is 3.87. The molecular weight excluding hydrogens is 391 g/mol. The summed E-state index contributed by atoms with van der Waals surface area (Å²) >= 11 is 5.80. The van der Waals surface area contributed by atoms with Gasteiger partial charge in [0.05, 0.1) is 23.6 Å². The van der Waals surface area contributed by atoms with Gasteiger partial charge in [0.1, 0.15) is 11.7 Å². The molecule has 27 heavy (non-hydrogen) atoms. The third kappa shape index (κ3) is 4.11. The number of aromatic nitrogens is 1. The number of alkyl halides is 3. The Morgan fingerprint density at radius 2 is 2.00 bits per heavy atom. The van der Waals surface area contributed by atoms with Crippen LogP contribution in [0.2, 0.25) is 5.02 Å². The first-order chi connectivity index (χ1) is 12.6. The van der Waals surface area contributed by atoms with Crippen molar-refractivity contribution < 1.29 is 27.6 Å². The fourth-order valence-corrected chi connectivity index (χ4v) is 2.68. The van der Waals surface area contributed by atoms with E-state index in [2.05, 4.69) is 4.98 Å². The van der Waals surface area contributed by atoms with Crippen LogP contribution in [0.1, 0.15) is 15.9 Å². The number of ether oxygens (including phenoxy) is 1. The smallest absolute Gasteiger partial charge is 0.416 e. The van der Waals surface area contributed by atoms with Gasteiger partial charge < -0.3 is 9.64 Å². The monoisotopic (exact) mass is 401 g/mol. The van der Waals surface area contributed by atoms with Crippen molar-refractivity contribution in [2.75, 3.05) is 13.1 Å². The van der Waals surface area contributed by atoms with Crippen LogP contribution >= 0.6 is 11.6 Å². The van der Waals surface area contributed by atoms with Crippen LogP contribution in [-0.4, -0.2) is 39.9 Å². The number of hydrogen-bond donors (Lipinski definition) is 0. The highest BCUT2D eigenvalue weighted by Crippen LogP contribution is 2.31. The summed E-state index contributed by atoms with van der Waals surface area (Å²) in [6, 6.07) is 5.23. The molecule has 7 nitrogen and oxygen atoms in total. The maximum atomic E-state index is 12.7. The molecule has 0 atom stereocenters. The average Bonchev–Trinajstić information content (AvgIpc) is 2.56. The number of likely N-dealkylation sites (tertiary alicyclic amines) is 1. The number of benzene rings is 1. The molecule has 0 unspecified atom stereocenters. The van der Waals surface area contributed by atoms with Gasteiger partial charge >= 0.3 is 6.18 Å². The van der Waals surface area contributed by atoms with E-state index in [0.717, 1.165) is 24.4 Å². The number of halogens is 4. The van der Waals surface area contributed by atoms with Gasteiger partial charge in [0.25, 0.3) is 11.6 Å². The van der Waals surface area contributed by atoms with Crippen molar-refractivity contribution in [3.63, 3.8) is 0 Å². The molecule has 1 aliphatic heterocycles. The number of amides is 1. The number of carbonyl (C=O) groups excluding carboxylic acids is 1. The zero-order chi connectivity index (χ0) is 19.8. The number of nitro benzene ring substituents is 1. The molecule has 1 saturated heterocycles. The van der Waals surface area contributed by atoms with Gasteiger partial charge in [0.2, 0.25) is 5.88 Å². The van der Waals surface area contributed by atoms with E-state index < -0.39 is 28.7 Å². The highest BCUT2D eigenvalue weighted by atomic mass is 35.5. The first-order valence-electron chi connectivity index (χ1n) is 7.58. The van der Waals surface area contributed by atoms with Crippen LogP contribution in [0.3, 0.4) is 0 Å². The minimum atomic E-state index is -4.52. The van der Waals surface area contributed by atoms with E-state index in [0.29, 0.717) is 0 Å². The van der Waals surface area contributed by atoms with Crippen LogP contribution in [-0.2, 0) is 6.18 Å². The quantitative estimate of drug-likeness (QED) is 0.577. The average molecular weight is 402 g/mol. The number of nitrogens with zero attached hydrogens (tertiary/aromatic N) is 3. The highest BCUT2D eigenvalue weighted by Gasteiger charge is 2.36. The number of nitro groups is 1. The summed E-state index contributed by atoms with van der Waals surface area (Å²) in [4.78, 5) is 27.8. The van der Waals surface area contributed by atoms with E-state index in [9.17, 15) is 28.1 Å². The van der Waals surface area contributed by atoms with Gasteiger partial charge in [-0.1, -0.05) is 11.6 Å². The van der Waals surface area contributed by atoms with E-state index in [4.69, 9.17) is 16.3 Å². The molecule has 1 amide bonds. The summed E-state index contributed by atoms with van der Waals surface area (Å²) in [6.45, 7) is 0.112. The summed E-state index contributed by atoms with van der Waals surface area (Å²) in [5.41, 5.74) is -1.44. The highest BCUT2D eigenvalue weighted by molar-refractivity contribution is 6.31. The molecule has 0 N–H and O–H groups in total. The number of carbonyl (C=O) groups is 1. The molecule has 0 saturated carbocycles. The van der Waals surface area contributed by atoms with Crippen molar-refractivity contribution in [1.82, 2.24) is 9.88 Å². The molecule has 2 heterocycles. The Morgan fingerprint density at radius 3 is 2.63 bits per heavy atom. The van der Waals surface area contributed by atoms with Crippen LogP contribution in [0.5, 0.6) is 5.88 Å². The summed E-state index contributed by atoms with van der Waals surface area (Å²) in [5.74, 6) is -0.822. The Bertz CT molecular complexity index is 901. The van der Waals surface area contributed by atoms with Crippen molar-refractivity contribution in [3.8, 4) is 5.88 Å². The van der Waals surface area contributed by atoms with Crippen LogP contribution in [0.25, 0.3) is 0 Å². The Balaban J connectivity index is 1.66. The fraction of sp³-hybridized carbons (Fsp3) is 0.250. The molecule has 1 aromatic heterocycles. The SMILES string of the molecule is O=C(c1cc(Cl)ccc1[N+](=O)[O-])N1CC(Oc2cc(C(F)(F)F)ccn2)C1. The maximum Gasteiger partial charge on any atom is 0.416 e. The van der Waals surface area contributed by atoms with Crippen molar-refractivity contribution in [1.29, 1.82) is 0 Å². The van der Waals surface area contributed by atoms with E-state index in [-0.39, 0.29) is 35.2 Å². The number of pyridine rings is 1. The molecule has 0 aliphatic carbocycles. The maximum absolute atomic E-state index is 12.7. The Hall–Kier alpha value is -2.88. The van der Waals surface area contributed by atoms with Gasteiger partial charge in [-0.2, -0.15) is 13.2 Å². The number of hydrogen-bond acceptors (Lipinski definition) is 5. The second-order valence-corrected chi connectivity index (χ2v) is 6.19. The van der Waals surface area contributed by atoms with Gasteiger partial charge in [-0.25, -0.2) is 4.98 Å². The largest absolute Gasteiger partial charge is 0.471 e. The number of rotatable bonds is 4. The van der Waals surface area contributed by atoms with E-state index in [1.54, 1.807) is 0 Å². The third-order valence-corrected chi connectivity index (χ3v) is 4.11. The lowest BCUT2D eigenvalue weighted by molar-refractivity contribution is -0.385. The minimum Gasteiger partial charge on any atom is -0.471 e. The molecular formula is C16H11ClF3N3O4. The molecule has 142 valence electrons. The van der Waals surface area contributed by atoms with Crippen molar-refractivity contribution in [3.05, 3.63) is 62.8 Å². The lowest BCUT2D eigenvalue weighted by Crippen LogP contribution is -2.56. The Morgan fingerprint density at radius 1 is 1.30 bits per heavy atom. The van der Waals surface area contributed by atoms with Crippen LogP contribution in [0.15, 0.2) is 36.5 Å². The molecule has 1 fully saturated rings. The predicted molar refractivity (Wildman–Crippen MR) is 87.7 cm³/mol. The molecule has 0 radical (unpaired) electrons. The van der Waals surface area contributed by atoms with Crippen molar-refractivity contribution in [2.24, 2.45) is 0 Å². The standard InChI is InChI=1S/C16H11ClF3N3O4/c17-10-1-2-13(23(25)26)12(6-10)15(24)22-7-11(8-22)27-14-5-9(3-4-21-14)16(18,19)20/h1-6,11H,7-8H2. The fourth-order valence-electron chi connectivity index (χ4n) is 2.51. The van der Waals surface area contributed by atoms with Crippen molar-refractivity contribution >= 4 is 23.2 Å². The van der Waals surface area contributed by atoms with Gasteiger partial charge in [-0.05, 0) is 18.2 Å². The molecule has 1 aromatic carbocycles. The van der Waals surface area contributed by atoms with Gasteiger partial charge in [-0.15, -0.1) is 0 Å². The normalized spacial score (nSPS) is 14.6. The predicted octanol–water partition coefficient (Wildman–Crippen LogP) is 3.57. The summed E-state index contributed by atoms with van der Waals surface area (Å²) in [7, 11) is 0. The second-order valence-electron chi connectivity index (χ2n) is 5.75. The van der Waals surface area contributed by atoms with E-state index in [1.165, 1.54) is 17.0 Å². The first kappa shape index (κ1) is 18.9. The van der Waals surface area contributed by atoms with Gasteiger partial charge in [-0.3, -0.25) is 14.9 Å². The molecule has 0 bridgehead atoms. The molecule has 1 aliphatic rings. The second kappa shape index (κ2) is 7.03. The summed E-state index contributed by atoms with van der Waals surface area (Å²) < 4.78 is 43.4. The molecule has 0 spiro atoms.